The van der Waals surface area contributed by atoms with E-state index in [9.17, 15) is 4.39 Å². The zero-order valence-corrected chi connectivity index (χ0v) is 16.1. The topological polar surface area (TPSA) is 56.7 Å². The Morgan fingerprint density at radius 3 is 2.61 bits per heavy atom. The van der Waals surface area contributed by atoms with Crippen LogP contribution in [-0.2, 0) is 13.2 Å². The SMILES string of the molecule is CN=C(NCc1ccc(F)c(CO)c1)NC1CCC(C)CC1.I. The number of aliphatic hydroxyl groups is 1. The minimum absolute atomic E-state index is 0. The maximum absolute atomic E-state index is 13.4. The molecule has 4 nitrogen and oxygen atoms in total. The second kappa shape index (κ2) is 10.1. The first-order valence-electron chi connectivity index (χ1n) is 7.97. The predicted molar refractivity (Wildman–Crippen MR) is 102 cm³/mol. The normalized spacial score (nSPS) is 21.5. The summed E-state index contributed by atoms with van der Waals surface area (Å²) in [5.41, 5.74) is 1.24. The van der Waals surface area contributed by atoms with Crippen LogP contribution in [0, 0.1) is 11.7 Å². The molecular formula is C17H27FIN3O. The molecule has 23 heavy (non-hydrogen) atoms. The van der Waals surface area contributed by atoms with Crippen LogP contribution in [0.15, 0.2) is 23.2 Å². The first-order chi connectivity index (χ1) is 10.6. The molecule has 0 radical (unpaired) electrons. The molecule has 2 rings (SSSR count). The second-order valence-corrected chi connectivity index (χ2v) is 6.11. The van der Waals surface area contributed by atoms with Crippen molar-refractivity contribution in [2.75, 3.05) is 7.05 Å². The Morgan fingerprint density at radius 2 is 2.00 bits per heavy atom. The average molecular weight is 435 g/mol. The molecule has 0 atom stereocenters. The number of nitrogens with zero attached hydrogens (tertiary/aromatic N) is 1. The van der Waals surface area contributed by atoms with Gasteiger partial charge in [0, 0.05) is 25.2 Å². The number of aliphatic hydroxyl groups excluding tert-OH is 1. The Kier molecular flexibility index (Phi) is 8.83. The van der Waals surface area contributed by atoms with Gasteiger partial charge < -0.3 is 15.7 Å². The Balaban J connectivity index is 0.00000264. The van der Waals surface area contributed by atoms with Gasteiger partial charge in [-0.05, 0) is 49.3 Å². The molecule has 0 amide bonds. The van der Waals surface area contributed by atoms with Crippen molar-refractivity contribution in [2.24, 2.45) is 10.9 Å². The summed E-state index contributed by atoms with van der Waals surface area (Å²) in [6.07, 6.45) is 4.86. The summed E-state index contributed by atoms with van der Waals surface area (Å²) in [7, 11) is 1.75. The van der Waals surface area contributed by atoms with E-state index in [1.807, 2.05) is 0 Å². The van der Waals surface area contributed by atoms with Crippen LogP contribution in [0.3, 0.4) is 0 Å². The molecule has 0 aromatic heterocycles. The zero-order valence-electron chi connectivity index (χ0n) is 13.8. The van der Waals surface area contributed by atoms with Crippen molar-refractivity contribution in [3.05, 3.63) is 35.1 Å². The van der Waals surface area contributed by atoms with Crippen molar-refractivity contribution in [2.45, 2.75) is 51.8 Å². The zero-order chi connectivity index (χ0) is 15.9. The third kappa shape index (κ3) is 6.25. The van der Waals surface area contributed by atoms with E-state index in [1.54, 1.807) is 19.2 Å². The lowest BCUT2D eigenvalue weighted by Gasteiger charge is -2.28. The van der Waals surface area contributed by atoms with Gasteiger partial charge in [0.2, 0.25) is 0 Å². The fourth-order valence-corrected chi connectivity index (χ4v) is 2.84. The molecule has 1 fully saturated rings. The van der Waals surface area contributed by atoms with E-state index in [2.05, 4.69) is 22.5 Å². The highest BCUT2D eigenvalue weighted by Crippen LogP contribution is 2.23. The molecule has 1 aromatic rings. The van der Waals surface area contributed by atoms with E-state index in [0.29, 0.717) is 18.2 Å². The molecule has 0 bridgehead atoms. The van der Waals surface area contributed by atoms with E-state index in [4.69, 9.17) is 5.11 Å². The van der Waals surface area contributed by atoms with Crippen LogP contribution in [-0.4, -0.2) is 24.2 Å². The number of benzene rings is 1. The van der Waals surface area contributed by atoms with Crippen LogP contribution < -0.4 is 10.6 Å². The lowest BCUT2D eigenvalue weighted by Crippen LogP contribution is -2.44. The third-order valence-corrected chi connectivity index (χ3v) is 4.32. The Bertz CT molecular complexity index is 517. The van der Waals surface area contributed by atoms with Gasteiger partial charge in [-0.1, -0.05) is 13.0 Å². The maximum atomic E-state index is 13.4. The molecule has 0 unspecified atom stereocenters. The average Bonchev–Trinajstić information content (AvgIpc) is 2.54. The number of halogens is 2. The van der Waals surface area contributed by atoms with Crippen molar-refractivity contribution in [1.82, 2.24) is 10.6 Å². The number of rotatable bonds is 4. The molecule has 0 saturated heterocycles. The quantitative estimate of drug-likeness (QED) is 0.387. The number of hydrogen-bond acceptors (Lipinski definition) is 2. The molecular weight excluding hydrogens is 408 g/mol. The maximum Gasteiger partial charge on any atom is 0.191 e. The minimum atomic E-state index is -0.370. The monoisotopic (exact) mass is 435 g/mol. The van der Waals surface area contributed by atoms with Crippen molar-refractivity contribution in [1.29, 1.82) is 0 Å². The predicted octanol–water partition coefficient (Wildman–Crippen LogP) is 3.18. The number of guanidine groups is 1. The van der Waals surface area contributed by atoms with E-state index >= 15 is 0 Å². The minimum Gasteiger partial charge on any atom is -0.392 e. The van der Waals surface area contributed by atoms with Gasteiger partial charge >= 0.3 is 0 Å². The number of nitrogens with one attached hydrogen (secondary N) is 2. The van der Waals surface area contributed by atoms with Crippen molar-refractivity contribution in [3.63, 3.8) is 0 Å². The highest BCUT2D eigenvalue weighted by molar-refractivity contribution is 14.0. The molecule has 0 spiro atoms. The largest absolute Gasteiger partial charge is 0.392 e. The van der Waals surface area contributed by atoms with Gasteiger partial charge in [0.15, 0.2) is 5.96 Å². The molecule has 1 saturated carbocycles. The molecule has 130 valence electrons. The second-order valence-electron chi connectivity index (χ2n) is 6.11. The van der Waals surface area contributed by atoms with Crippen molar-refractivity contribution >= 4 is 29.9 Å². The Morgan fingerprint density at radius 1 is 1.30 bits per heavy atom. The van der Waals surface area contributed by atoms with Crippen molar-refractivity contribution in [3.8, 4) is 0 Å². The summed E-state index contributed by atoms with van der Waals surface area (Å²) in [5, 5.41) is 15.8. The lowest BCUT2D eigenvalue weighted by molar-refractivity contribution is 0.275. The van der Waals surface area contributed by atoms with Gasteiger partial charge in [0.25, 0.3) is 0 Å². The molecule has 1 aromatic carbocycles. The van der Waals surface area contributed by atoms with Gasteiger partial charge in [-0.15, -0.1) is 24.0 Å². The molecule has 1 aliphatic carbocycles. The molecule has 0 aliphatic heterocycles. The van der Waals surface area contributed by atoms with Crippen LogP contribution in [0.4, 0.5) is 4.39 Å². The number of hydrogen-bond donors (Lipinski definition) is 3. The molecule has 3 N–H and O–H groups in total. The first kappa shape index (κ1) is 20.2. The smallest absolute Gasteiger partial charge is 0.191 e. The van der Waals surface area contributed by atoms with E-state index in [0.717, 1.165) is 17.4 Å². The summed E-state index contributed by atoms with van der Waals surface area (Å²) in [5.74, 6) is 1.23. The van der Waals surface area contributed by atoms with Crippen LogP contribution >= 0.6 is 24.0 Å². The Hall–Kier alpha value is -0.890. The van der Waals surface area contributed by atoms with Gasteiger partial charge in [-0.2, -0.15) is 0 Å². The van der Waals surface area contributed by atoms with Gasteiger partial charge in [-0.25, -0.2) is 4.39 Å². The summed E-state index contributed by atoms with van der Waals surface area (Å²) in [4.78, 5) is 4.25. The molecule has 1 aliphatic rings. The van der Waals surface area contributed by atoms with Crippen LogP contribution in [0.25, 0.3) is 0 Å². The summed E-state index contributed by atoms with van der Waals surface area (Å²) >= 11 is 0. The molecule has 0 heterocycles. The summed E-state index contributed by atoms with van der Waals surface area (Å²) < 4.78 is 13.4. The standard InChI is InChI=1S/C17H26FN3O.HI/c1-12-3-6-15(7-4-12)21-17(19-2)20-10-13-5-8-16(18)14(9-13)11-22;/h5,8-9,12,15,22H,3-4,6-7,10-11H2,1-2H3,(H2,19,20,21);1H. The van der Waals surface area contributed by atoms with E-state index < -0.39 is 0 Å². The van der Waals surface area contributed by atoms with Crippen LogP contribution in [0.2, 0.25) is 0 Å². The van der Waals surface area contributed by atoms with Crippen LogP contribution in [0.1, 0.15) is 43.7 Å². The third-order valence-electron chi connectivity index (χ3n) is 4.32. The summed E-state index contributed by atoms with van der Waals surface area (Å²) in [6, 6.07) is 5.26. The van der Waals surface area contributed by atoms with Crippen LogP contribution in [0.5, 0.6) is 0 Å². The van der Waals surface area contributed by atoms with Gasteiger partial charge in [0.05, 0.1) is 6.61 Å². The van der Waals surface area contributed by atoms with Gasteiger partial charge in [-0.3, -0.25) is 4.99 Å². The summed E-state index contributed by atoms with van der Waals surface area (Å²) in [6.45, 7) is 2.57. The molecule has 6 heteroatoms. The Labute approximate surface area is 155 Å². The lowest BCUT2D eigenvalue weighted by atomic mass is 9.87. The highest BCUT2D eigenvalue weighted by Gasteiger charge is 2.18. The van der Waals surface area contributed by atoms with Gasteiger partial charge in [0.1, 0.15) is 5.82 Å². The van der Waals surface area contributed by atoms with E-state index in [1.165, 1.54) is 31.7 Å². The number of aliphatic imine (C=N–C) groups is 1. The first-order valence-corrected chi connectivity index (χ1v) is 7.97. The fourth-order valence-electron chi connectivity index (χ4n) is 2.84. The fraction of sp³-hybridized carbons (Fsp3) is 0.588. The van der Waals surface area contributed by atoms with E-state index in [-0.39, 0.29) is 36.4 Å². The van der Waals surface area contributed by atoms with Crippen molar-refractivity contribution < 1.29 is 9.50 Å². The highest BCUT2D eigenvalue weighted by atomic mass is 127.